The Morgan fingerprint density at radius 2 is 1.88 bits per heavy atom. The van der Waals surface area contributed by atoms with Gasteiger partial charge in [0.25, 0.3) is 0 Å². The standard InChI is InChI=1S/C27H30O5/c1-16(28)31-19-9-11-20-18(14-19)8-10-22-21(20)12-13-27(2)23(22)15-24(25(27)29)32-26(30)17-6-4-3-5-7-17/h3-7,9,11,14,21-25,29H,8,10,12-13,15H2,1-2H3/t21-,22-,23+,24-,25+,27+/m1/s1. The fourth-order valence-corrected chi connectivity index (χ4v) is 6.64. The maximum Gasteiger partial charge on any atom is 0.338 e. The van der Waals surface area contributed by atoms with Gasteiger partial charge in [-0.05, 0) is 85.3 Å². The highest BCUT2D eigenvalue weighted by Gasteiger charge is 2.59. The second-order valence-corrected chi connectivity index (χ2v) is 9.90. The molecule has 0 amide bonds. The number of hydrogen-bond acceptors (Lipinski definition) is 5. The van der Waals surface area contributed by atoms with Gasteiger partial charge >= 0.3 is 11.9 Å². The molecule has 2 aromatic carbocycles. The number of fused-ring (bicyclic) bond motifs is 5. The molecule has 2 saturated carbocycles. The Hall–Kier alpha value is -2.66. The van der Waals surface area contributed by atoms with E-state index in [9.17, 15) is 14.7 Å². The van der Waals surface area contributed by atoms with Gasteiger partial charge in [0, 0.05) is 12.3 Å². The van der Waals surface area contributed by atoms with Gasteiger partial charge in [0.15, 0.2) is 0 Å². The Labute approximate surface area is 188 Å². The predicted octanol–water partition coefficient (Wildman–Crippen LogP) is 4.66. The van der Waals surface area contributed by atoms with E-state index in [0.717, 1.165) is 25.7 Å². The van der Waals surface area contributed by atoms with Crippen molar-refractivity contribution in [2.75, 3.05) is 0 Å². The van der Waals surface area contributed by atoms with E-state index in [1.165, 1.54) is 18.1 Å². The van der Waals surface area contributed by atoms with Crippen LogP contribution in [0.5, 0.6) is 5.75 Å². The molecule has 2 fully saturated rings. The molecule has 1 N–H and O–H groups in total. The smallest absolute Gasteiger partial charge is 0.338 e. The molecule has 0 heterocycles. The number of esters is 2. The summed E-state index contributed by atoms with van der Waals surface area (Å²) in [4.78, 5) is 24.0. The maximum absolute atomic E-state index is 12.6. The van der Waals surface area contributed by atoms with Crippen molar-refractivity contribution in [2.24, 2.45) is 17.3 Å². The molecule has 0 aromatic heterocycles. The molecule has 0 bridgehead atoms. The Balaban J connectivity index is 1.36. The number of aliphatic hydroxyl groups is 1. The Kier molecular flexibility index (Phi) is 5.32. The normalized spacial score (nSPS) is 32.9. The number of carbonyl (C=O) groups excluding carboxylic acids is 2. The summed E-state index contributed by atoms with van der Waals surface area (Å²) in [6.45, 7) is 3.60. The van der Waals surface area contributed by atoms with Crippen LogP contribution in [-0.4, -0.2) is 29.3 Å². The van der Waals surface area contributed by atoms with Crippen LogP contribution in [-0.2, 0) is 16.0 Å². The van der Waals surface area contributed by atoms with Crippen LogP contribution < -0.4 is 4.74 Å². The van der Waals surface area contributed by atoms with E-state index >= 15 is 0 Å². The zero-order valence-corrected chi connectivity index (χ0v) is 18.6. The zero-order valence-electron chi connectivity index (χ0n) is 18.6. The molecule has 6 atom stereocenters. The minimum Gasteiger partial charge on any atom is -0.456 e. The summed E-state index contributed by atoms with van der Waals surface area (Å²) in [5, 5.41) is 11.2. The fraction of sp³-hybridized carbons (Fsp3) is 0.481. The van der Waals surface area contributed by atoms with Crippen LogP contribution in [0.1, 0.15) is 66.9 Å². The number of rotatable bonds is 3. The third-order valence-corrected chi connectivity index (χ3v) is 8.18. The van der Waals surface area contributed by atoms with Gasteiger partial charge in [0.1, 0.15) is 11.9 Å². The van der Waals surface area contributed by atoms with Crippen LogP contribution in [0.3, 0.4) is 0 Å². The molecule has 3 aliphatic rings. The van der Waals surface area contributed by atoms with E-state index in [2.05, 4.69) is 13.0 Å². The summed E-state index contributed by atoms with van der Waals surface area (Å²) in [7, 11) is 0. The number of ether oxygens (including phenoxy) is 2. The maximum atomic E-state index is 12.6. The zero-order chi connectivity index (χ0) is 22.5. The van der Waals surface area contributed by atoms with Crippen molar-refractivity contribution >= 4 is 11.9 Å². The lowest BCUT2D eigenvalue weighted by Crippen LogP contribution is -2.45. The highest BCUT2D eigenvalue weighted by Crippen LogP contribution is 2.61. The minimum absolute atomic E-state index is 0.238. The number of benzene rings is 2. The van der Waals surface area contributed by atoms with Crippen LogP contribution in [0.25, 0.3) is 0 Å². The van der Waals surface area contributed by atoms with E-state index in [1.54, 1.807) is 12.1 Å². The van der Waals surface area contributed by atoms with Crippen molar-refractivity contribution in [2.45, 2.75) is 64.1 Å². The Morgan fingerprint density at radius 1 is 1.09 bits per heavy atom. The quantitative estimate of drug-likeness (QED) is 0.562. The molecular weight excluding hydrogens is 404 g/mol. The first kappa shape index (κ1) is 21.2. The minimum atomic E-state index is -0.645. The largest absolute Gasteiger partial charge is 0.456 e. The summed E-state index contributed by atoms with van der Waals surface area (Å²) < 4.78 is 11.1. The highest BCUT2D eigenvalue weighted by molar-refractivity contribution is 5.89. The summed E-state index contributed by atoms with van der Waals surface area (Å²) in [6.07, 6.45) is 3.48. The summed E-state index contributed by atoms with van der Waals surface area (Å²) in [5.74, 6) is 1.14. The topological polar surface area (TPSA) is 72.8 Å². The molecule has 32 heavy (non-hydrogen) atoms. The van der Waals surface area contributed by atoms with Crippen LogP contribution in [0.15, 0.2) is 48.5 Å². The fourth-order valence-electron chi connectivity index (χ4n) is 6.64. The van der Waals surface area contributed by atoms with Crippen molar-refractivity contribution in [1.29, 1.82) is 0 Å². The van der Waals surface area contributed by atoms with Gasteiger partial charge in [-0.15, -0.1) is 0 Å². The molecule has 3 aliphatic carbocycles. The summed E-state index contributed by atoms with van der Waals surface area (Å²) >= 11 is 0. The highest BCUT2D eigenvalue weighted by atomic mass is 16.6. The Morgan fingerprint density at radius 3 is 2.62 bits per heavy atom. The monoisotopic (exact) mass is 434 g/mol. The summed E-state index contributed by atoms with van der Waals surface area (Å²) in [6, 6.07) is 15.0. The second kappa shape index (κ2) is 8.04. The lowest BCUT2D eigenvalue weighted by molar-refractivity contribution is -0.131. The second-order valence-electron chi connectivity index (χ2n) is 9.90. The van der Waals surface area contributed by atoms with Crippen molar-refractivity contribution in [3.05, 3.63) is 65.2 Å². The SMILES string of the molecule is CC(=O)Oc1ccc2c(c1)CC[C@@H]1[C@@H]2CC[C@]2(C)[C@@H](O)[C@H](OC(=O)c3ccccc3)C[C@@H]12. The van der Waals surface area contributed by atoms with Crippen LogP contribution in [0.4, 0.5) is 0 Å². The first-order valence-corrected chi connectivity index (χ1v) is 11.6. The molecule has 0 aliphatic heterocycles. The van der Waals surface area contributed by atoms with E-state index in [1.807, 2.05) is 30.3 Å². The molecular formula is C27H30O5. The number of aryl methyl sites for hydroxylation is 1. The molecule has 0 spiro atoms. The molecule has 5 nitrogen and oxygen atoms in total. The molecule has 168 valence electrons. The third kappa shape index (κ3) is 3.53. The molecule has 0 unspecified atom stereocenters. The number of hydrogen-bond donors (Lipinski definition) is 1. The molecule has 2 aromatic rings. The number of carbonyl (C=O) groups is 2. The van der Waals surface area contributed by atoms with Gasteiger partial charge < -0.3 is 14.6 Å². The van der Waals surface area contributed by atoms with Crippen molar-refractivity contribution < 1.29 is 24.2 Å². The van der Waals surface area contributed by atoms with Gasteiger partial charge in [-0.25, -0.2) is 4.79 Å². The van der Waals surface area contributed by atoms with Crippen molar-refractivity contribution in [3.8, 4) is 5.75 Å². The first-order chi connectivity index (χ1) is 15.4. The average molecular weight is 435 g/mol. The third-order valence-electron chi connectivity index (χ3n) is 8.18. The van der Waals surface area contributed by atoms with Gasteiger partial charge in [0.05, 0.1) is 11.7 Å². The van der Waals surface area contributed by atoms with Gasteiger partial charge in [-0.2, -0.15) is 0 Å². The summed E-state index contributed by atoms with van der Waals surface area (Å²) in [5.41, 5.74) is 2.89. The van der Waals surface area contributed by atoms with E-state index < -0.39 is 12.2 Å². The Bertz CT molecular complexity index is 1030. The predicted molar refractivity (Wildman–Crippen MR) is 119 cm³/mol. The number of aliphatic hydroxyl groups excluding tert-OH is 1. The van der Waals surface area contributed by atoms with E-state index in [0.29, 0.717) is 35.5 Å². The van der Waals surface area contributed by atoms with Gasteiger partial charge in [-0.3, -0.25) is 4.79 Å². The van der Waals surface area contributed by atoms with E-state index in [-0.39, 0.29) is 17.4 Å². The molecule has 5 rings (SSSR count). The lowest BCUT2D eigenvalue weighted by Gasteiger charge is -2.49. The van der Waals surface area contributed by atoms with Gasteiger partial charge in [0.2, 0.25) is 0 Å². The lowest BCUT2D eigenvalue weighted by atomic mass is 9.55. The van der Waals surface area contributed by atoms with Gasteiger partial charge in [-0.1, -0.05) is 31.2 Å². The van der Waals surface area contributed by atoms with Crippen LogP contribution >= 0.6 is 0 Å². The van der Waals surface area contributed by atoms with Crippen LogP contribution in [0.2, 0.25) is 0 Å². The molecule has 0 radical (unpaired) electrons. The van der Waals surface area contributed by atoms with E-state index in [4.69, 9.17) is 9.47 Å². The molecule has 5 heteroatoms. The van der Waals surface area contributed by atoms with Crippen molar-refractivity contribution in [3.63, 3.8) is 0 Å². The van der Waals surface area contributed by atoms with Crippen molar-refractivity contribution in [1.82, 2.24) is 0 Å². The average Bonchev–Trinajstić information content (AvgIpc) is 3.04. The molecule has 0 saturated heterocycles. The first-order valence-electron chi connectivity index (χ1n) is 11.6. The van der Waals surface area contributed by atoms with Crippen LogP contribution in [0, 0.1) is 17.3 Å².